The van der Waals surface area contributed by atoms with Crippen molar-refractivity contribution in [3.05, 3.63) is 41.8 Å². The highest BCUT2D eigenvalue weighted by Crippen LogP contribution is 2.13. The number of amides is 1. The number of aliphatic hydroxyl groups excluding tert-OH is 1. The lowest BCUT2D eigenvalue weighted by Crippen LogP contribution is -2.27. The van der Waals surface area contributed by atoms with Crippen LogP contribution in [0.2, 0.25) is 0 Å². The summed E-state index contributed by atoms with van der Waals surface area (Å²) >= 11 is 0. The summed E-state index contributed by atoms with van der Waals surface area (Å²) < 4.78 is 23.8. The summed E-state index contributed by atoms with van der Waals surface area (Å²) in [7, 11) is -3.59. The van der Waals surface area contributed by atoms with Gasteiger partial charge < -0.3 is 10.0 Å². The van der Waals surface area contributed by atoms with Crippen LogP contribution in [0.25, 0.3) is 0 Å². The van der Waals surface area contributed by atoms with Crippen molar-refractivity contribution in [1.82, 2.24) is 4.90 Å². The molecule has 1 saturated heterocycles. The number of rotatable bonds is 3. The fourth-order valence-corrected chi connectivity index (χ4v) is 2.87. The van der Waals surface area contributed by atoms with Gasteiger partial charge in [0.25, 0.3) is 0 Å². The van der Waals surface area contributed by atoms with Gasteiger partial charge >= 0.3 is 0 Å². The number of hydrogen-bond donors (Lipinski definition) is 1. The molecule has 102 valence electrons. The van der Waals surface area contributed by atoms with E-state index in [0.717, 1.165) is 11.5 Å². The fourth-order valence-electron chi connectivity index (χ4n) is 1.88. The van der Waals surface area contributed by atoms with Crippen LogP contribution in [0.3, 0.4) is 0 Å². The molecule has 0 spiro atoms. The SMILES string of the molecule is O=C(C=CS(=O)(=O)c1ccccc1)N1CCC(O)C1. The lowest BCUT2D eigenvalue weighted by Gasteiger charge is -2.12. The average Bonchev–Trinajstić information content (AvgIpc) is 2.84. The van der Waals surface area contributed by atoms with Gasteiger partial charge in [0, 0.05) is 24.6 Å². The lowest BCUT2D eigenvalue weighted by atomic mass is 10.3. The van der Waals surface area contributed by atoms with Crippen molar-refractivity contribution in [3.8, 4) is 0 Å². The Hall–Kier alpha value is -1.66. The van der Waals surface area contributed by atoms with Gasteiger partial charge in [-0.1, -0.05) is 18.2 Å². The Morgan fingerprint density at radius 2 is 2.00 bits per heavy atom. The normalized spacial score (nSPS) is 20.1. The van der Waals surface area contributed by atoms with E-state index in [1.54, 1.807) is 18.2 Å². The van der Waals surface area contributed by atoms with Crippen LogP contribution in [0, 0.1) is 0 Å². The second kappa shape index (κ2) is 5.54. The van der Waals surface area contributed by atoms with Crippen molar-refractivity contribution in [1.29, 1.82) is 0 Å². The van der Waals surface area contributed by atoms with Crippen molar-refractivity contribution >= 4 is 15.7 Å². The number of aliphatic hydroxyl groups is 1. The van der Waals surface area contributed by atoms with Gasteiger partial charge in [-0.05, 0) is 18.6 Å². The summed E-state index contributed by atoms with van der Waals surface area (Å²) in [5.41, 5.74) is 0. The summed E-state index contributed by atoms with van der Waals surface area (Å²) in [4.78, 5) is 13.3. The molecular weight excluding hydrogens is 266 g/mol. The molecule has 1 aromatic rings. The third kappa shape index (κ3) is 3.42. The molecule has 1 aromatic carbocycles. The molecule has 0 aromatic heterocycles. The Morgan fingerprint density at radius 1 is 1.32 bits per heavy atom. The molecule has 1 aliphatic heterocycles. The molecule has 0 saturated carbocycles. The van der Waals surface area contributed by atoms with Gasteiger partial charge in [0.2, 0.25) is 5.91 Å². The number of β-amino-alcohol motifs (C(OH)–C–C–N with tert-alkyl or cyclic N) is 1. The molecule has 1 fully saturated rings. The highest BCUT2D eigenvalue weighted by atomic mass is 32.2. The minimum Gasteiger partial charge on any atom is -0.391 e. The van der Waals surface area contributed by atoms with Gasteiger partial charge in [-0.25, -0.2) is 8.42 Å². The van der Waals surface area contributed by atoms with E-state index in [2.05, 4.69) is 0 Å². The molecule has 0 aliphatic carbocycles. The van der Waals surface area contributed by atoms with Crippen molar-refractivity contribution in [3.63, 3.8) is 0 Å². The van der Waals surface area contributed by atoms with Crippen LogP contribution in [-0.2, 0) is 14.6 Å². The highest BCUT2D eigenvalue weighted by molar-refractivity contribution is 7.94. The Labute approximate surface area is 112 Å². The summed E-state index contributed by atoms with van der Waals surface area (Å²) in [6.07, 6.45) is 1.06. The van der Waals surface area contributed by atoms with Crippen LogP contribution in [-0.4, -0.2) is 43.5 Å². The van der Waals surface area contributed by atoms with Crippen LogP contribution < -0.4 is 0 Å². The number of likely N-dealkylation sites (tertiary alicyclic amines) is 1. The van der Waals surface area contributed by atoms with E-state index in [9.17, 15) is 18.3 Å². The molecule has 1 N–H and O–H groups in total. The number of benzene rings is 1. The van der Waals surface area contributed by atoms with Gasteiger partial charge in [0.15, 0.2) is 9.84 Å². The minimum atomic E-state index is -3.59. The molecular formula is C13H15NO4S. The molecule has 1 atom stereocenters. The summed E-state index contributed by atoms with van der Waals surface area (Å²) in [6, 6.07) is 7.92. The Balaban J connectivity index is 2.08. The predicted octanol–water partition coefficient (Wildman–Crippen LogP) is 0.567. The van der Waals surface area contributed by atoms with Gasteiger partial charge in [-0.2, -0.15) is 0 Å². The maximum Gasteiger partial charge on any atom is 0.247 e. The monoisotopic (exact) mass is 281 g/mol. The van der Waals surface area contributed by atoms with Crippen molar-refractivity contribution < 1.29 is 18.3 Å². The van der Waals surface area contributed by atoms with E-state index < -0.39 is 21.8 Å². The fraction of sp³-hybridized carbons (Fsp3) is 0.308. The molecule has 2 rings (SSSR count). The second-order valence-corrected chi connectivity index (χ2v) is 6.22. The molecule has 5 nitrogen and oxygen atoms in total. The van der Waals surface area contributed by atoms with E-state index in [1.165, 1.54) is 17.0 Å². The molecule has 0 bridgehead atoms. The number of hydrogen-bond acceptors (Lipinski definition) is 4. The van der Waals surface area contributed by atoms with Crippen LogP contribution in [0.1, 0.15) is 6.42 Å². The molecule has 19 heavy (non-hydrogen) atoms. The molecule has 1 amide bonds. The number of carbonyl (C=O) groups excluding carboxylic acids is 1. The van der Waals surface area contributed by atoms with E-state index in [1.807, 2.05) is 0 Å². The first-order chi connectivity index (χ1) is 8.99. The Kier molecular flexibility index (Phi) is 4.01. The molecule has 6 heteroatoms. The minimum absolute atomic E-state index is 0.153. The standard InChI is InChI=1S/C13H15NO4S/c15-11-6-8-14(10-11)13(16)7-9-19(17,18)12-4-2-1-3-5-12/h1-5,7,9,11,15H,6,8,10H2. The predicted molar refractivity (Wildman–Crippen MR) is 70.0 cm³/mol. The second-order valence-electron chi connectivity index (χ2n) is 4.39. The molecule has 1 unspecified atom stereocenters. The first-order valence-corrected chi connectivity index (χ1v) is 7.49. The number of carbonyl (C=O) groups is 1. The first kappa shape index (κ1) is 13.8. The summed E-state index contributed by atoms with van der Waals surface area (Å²) in [5, 5.41) is 10.2. The van der Waals surface area contributed by atoms with E-state index in [0.29, 0.717) is 13.0 Å². The van der Waals surface area contributed by atoms with Crippen molar-refractivity contribution in [2.24, 2.45) is 0 Å². The zero-order valence-corrected chi connectivity index (χ0v) is 11.1. The third-order valence-corrected chi connectivity index (χ3v) is 4.36. The van der Waals surface area contributed by atoms with E-state index in [4.69, 9.17) is 0 Å². The first-order valence-electron chi connectivity index (χ1n) is 5.94. The van der Waals surface area contributed by atoms with Crippen LogP contribution >= 0.6 is 0 Å². The largest absolute Gasteiger partial charge is 0.391 e. The topological polar surface area (TPSA) is 74.7 Å². The van der Waals surface area contributed by atoms with Crippen LogP contribution in [0.4, 0.5) is 0 Å². The molecule has 0 radical (unpaired) electrons. The highest BCUT2D eigenvalue weighted by Gasteiger charge is 2.23. The smallest absolute Gasteiger partial charge is 0.247 e. The maximum atomic E-state index is 11.9. The summed E-state index contributed by atoms with van der Waals surface area (Å²) in [5.74, 6) is -0.393. The van der Waals surface area contributed by atoms with Gasteiger partial charge in [0.05, 0.1) is 11.0 Å². The summed E-state index contributed by atoms with van der Waals surface area (Å²) in [6.45, 7) is 0.713. The van der Waals surface area contributed by atoms with Crippen LogP contribution in [0.5, 0.6) is 0 Å². The Morgan fingerprint density at radius 3 is 2.58 bits per heavy atom. The Bertz CT molecular complexity index is 580. The maximum absolute atomic E-state index is 11.9. The van der Waals surface area contributed by atoms with Gasteiger partial charge in [-0.3, -0.25) is 4.79 Å². The number of sulfone groups is 1. The third-order valence-electron chi connectivity index (χ3n) is 2.94. The van der Waals surface area contributed by atoms with Crippen molar-refractivity contribution in [2.75, 3.05) is 13.1 Å². The zero-order valence-electron chi connectivity index (χ0n) is 10.3. The quantitative estimate of drug-likeness (QED) is 0.822. The average molecular weight is 281 g/mol. The molecule has 1 aliphatic rings. The van der Waals surface area contributed by atoms with Crippen LogP contribution in [0.15, 0.2) is 46.7 Å². The van der Waals surface area contributed by atoms with E-state index in [-0.39, 0.29) is 11.4 Å². The lowest BCUT2D eigenvalue weighted by molar-refractivity contribution is -0.125. The molecule has 1 heterocycles. The van der Waals surface area contributed by atoms with Gasteiger partial charge in [-0.15, -0.1) is 0 Å². The zero-order chi connectivity index (χ0) is 13.9. The van der Waals surface area contributed by atoms with Gasteiger partial charge in [0.1, 0.15) is 0 Å². The van der Waals surface area contributed by atoms with E-state index >= 15 is 0 Å². The number of nitrogens with zero attached hydrogens (tertiary/aromatic N) is 1. The van der Waals surface area contributed by atoms with Crippen molar-refractivity contribution in [2.45, 2.75) is 17.4 Å².